The van der Waals surface area contributed by atoms with E-state index in [1.807, 2.05) is 0 Å². The normalized spacial score (nSPS) is 26.0. The van der Waals surface area contributed by atoms with Gasteiger partial charge in [-0.15, -0.1) is 0 Å². The molecule has 2 rings (SSSR count). The Labute approximate surface area is 119 Å². The lowest BCUT2D eigenvalue weighted by atomic mass is 9.94. The van der Waals surface area contributed by atoms with Crippen molar-refractivity contribution in [2.45, 2.75) is 43.7 Å². The Hall–Kier alpha value is -0.120. The van der Waals surface area contributed by atoms with Crippen LogP contribution in [-0.4, -0.2) is 22.0 Å². The van der Waals surface area contributed by atoms with Crippen LogP contribution in [0.5, 0.6) is 0 Å². The highest BCUT2D eigenvalue weighted by Gasteiger charge is 2.31. The highest BCUT2D eigenvalue weighted by Crippen LogP contribution is 2.40. The second kappa shape index (κ2) is 6.36. The maximum absolute atomic E-state index is 6.57. The van der Waals surface area contributed by atoms with Gasteiger partial charge in [0.25, 0.3) is 0 Å². The fourth-order valence-electron chi connectivity index (χ4n) is 2.58. The van der Waals surface area contributed by atoms with Crippen LogP contribution in [0.25, 0.3) is 0 Å². The van der Waals surface area contributed by atoms with E-state index in [0.29, 0.717) is 10.5 Å². The Morgan fingerprint density at radius 2 is 2.00 bits per heavy atom. The largest absolute Gasteiger partial charge is 0.323 e. The van der Waals surface area contributed by atoms with Gasteiger partial charge >= 0.3 is 0 Å². The maximum atomic E-state index is 6.57. The van der Waals surface area contributed by atoms with E-state index in [1.165, 1.54) is 34.6 Å². The Kier molecular flexibility index (Phi) is 5.05. The SMILES string of the molecule is CCC1SCCSC1C(N)c1cccc(C)c1C. The van der Waals surface area contributed by atoms with E-state index >= 15 is 0 Å². The summed E-state index contributed by atoms with van der Waals surface area (Å²) in [7, 11) is 0. The van der Waals surface area contributed by atoms with Gasteiger partial charge in [0.2, 0.25) is 0 Å². The first-order valence-electron chi connectivity index (χ1n) is 6.70. The van der Waals surface area contributed by atoms with Gasteiger partial charge in [0.15, 0.2) is 0 Å². The molecule has 0 aliphatic carbocycles. The Bertz CT molecular complexity index is 405. The lowest BCUT2D eigenvalue weighted by molar-refractivity contribution is 0.627. The zero-order valence-corrected chi connectivity index (χ0v) is 13.1. The average Bonchev–Trinajstić information content (AvgIpc) is 2.41. The molecule has 18 heavy (non-hydrogen) atoms. The molecule has 1 saturated heterocycles. The molecule has 1 aromatic rings. The van der Waals surface area contributed by atoms with Gasteiger partial charge < -0.3 is 5.73 Å². The summed E-state index contributed by atoms with van der Waals surface area (Å²) in [6, 6.07) is 6.69. The van der Waals surface area contributed by atoms with Crippen molar-refractivity contribution in [3.8, 4) is 0 Å². The quantitative estimate of drug-likeness (QED) is 0.909. The highest BCUT2D eigenvalue weighted by atomic mass is 32.2. The third-order valence-corrected chi connectivity index (χ3v) is 7.23. The summed E-state index contributed by atoms with van der Waals surface area (Å²) in [5.74, 6) is 2.52. The molecule has 2 N–H and O–H groups in total. The molecule has 1 aromatic carbocycles. The van der Waals surface area contributed by atoms with Gasteiger partial charge in [-0.2, -0.15) is 23.5 Å². The first-order valence-corrected chi connectivity index (χ1v) is 8.79. The molecule has 1 heterocycles. The van der Waals surface area contributed by atoms with E-state index in [1.54, 1.807) is 0 Å². The zero-order chi connectivity index (χ0) is 13.1. The summed E-state index contributed by atoms with van der Waals surface area (Å²) < 4.78 is 0. The van der Waals surface area contributed by atoms with E-state index in [-0.39, 0.29) is 6.04 Å². The number of hydrogen-bond acceptors (Lipinski definition) is 3. The first kappa shape index (κ1) is 14.3. The maximum Gasteiger partial charge on any atom is 0.0429 e. The standard InChI is InChI=1S/C15H23NS2/c1-4-13-15(18-9-8-17-13)14(16)12-7-5-6-10(2)11(12)3/h5-7,13-15H,4,8-9,16H2,1-3H3. The molecule has 0 aromatic heterocycles. The van der Waals surface area contributed by atoms with Crippen molar-refractivity contribution in [2.75, 3.05) is 11.5 Å². The van der Waals surface area contributed by atoms with Crippen LogP contribution in [0.1, 0.15) is 36.1 Å². The number of nitrogens with two attached hydrogens (primary N) is 1. The van der Waals surface area contributed by atoms with E-state index in [4.69, 9.17) is 5.73 Å². The molecule has 3 unspecified atom stereocenters. The lowest BCUT2D eigenvalue weighted by Crippen LogP contribution is -2.36. The molecule has 0 spiro atoms. The predicted octanol–water partition coefficient (Wildman–Crippen LogP) is 3.93. The molecule has 0 amide bonds. The topological polar surface area (TPSA) is 26.0 Å². The fourth-order valence-corrected chi connectivity index (χ4v) is 5.75. The van der Waals surface area contributed by atoms with Gasteiger partial charge in [-0.05, 0) is 37.0 Å². The smallest absolute Gasteiger partial charge is 0.0429 e. The molecule has 3 heteroatoms. The number of benzene rings is 1. The average molecular weight is 281 g/mol. The molecule has 1 aliphatic rings. The minimum atomic E-state index is 0.174. The van der Waals surface area contributed by atoms with Gasteiger partial charge in [0.1, 0.15) is 0 Å². The second-order valence-electron chi connectivity index (χ2n) is 4.97. The van der Waals surface area contributed by atoms with Crippen molar-refractivity contribution in [1.82, 2.24) is 0 Å². The molecule has 100 valence electrons. The van der Waals surface area contributed by atoms with E-state index in [0.717, 1.165) is 0 Å². The number of hydrogen-bond donors (Lipinski definition) is 1. The van der Waals surface area contributed by atoms with Crippen molar-refractivity contribution in [1.29, 1.82) is 0 Å². The lowest BCUT2D eigenvalue weighted by Gasteiger charge is -2.35. The molecule has 1 aliphatic heterocycles. The van der Waals surface area contributed by atoms with Crippen molar-refractivity contribution < 1.29 is 0 Å². The van der Waals surface area contributed by atoms with Gasteiger partial charge in [-0.1, -0.05) is 25.1 Å². The van der Waals surface area contributed by atoms with Crippen LogP contribution in [0.4, 0.5) is 0 Å². The fraction of sp³-hybridized carbons (Fsp3) is 0.600. The minimum Gasteiger partial charge on any atom is -0.323 e. The van der Waals surface area contributed by atoms with Crippen LogP contribution < -0.4 is 5.73 Å². The zero-order valence-electron chi connectivity index (χ0n) is 11.5. The molecular formula is C15H23NS2. The predicted molar refractivity (Wildman–Crippen MR) is 85.6 cm³/mol. The van der Waals surface area contributed by atoms with E-state index in [2.05, 4.69) is 62.5 Å². The van der Waals surface area contributed by atoms with Gasteiger partial charge in [0.05, 0.1) is 0 Å². The third kappa shape index (κ3) is 2.89. The van der Waals surface area contributed by atoms with Crippen molar-refractivity contribution in [3.63, 3.8) is 0 Å². The number of rotatable bonds is 3. The van der Waals surface area contributed by atoms with Crippen molar-refractivity contribution in [3.05, 3.63) is 34.9 Å². The molecule has 0 radical (unpaired) electrons. The van der Waals surface area contributed by atoms with E-state index in [9.17, 15) is 0 Å². The molecule has 3 atom stereocenters. The summed E-state index contributed by atoms with van der Waals surface area (Å²) >= 11 is 4.17. The number of thioether (sulfide) groups is 2. The molecular weight excluding hydrogens is 258 g/mol. The highest BCUT2D eigenvalue weighted by molar-refractivity contribution is 8.07. The Balaban J connectivity index is 2.23. The molecule has 1 nitrogen and oxygen atoms in total. The summed E-state index contributed by atoms with van der Waals surface area (Å²) in [5.41, 5.74) is 10.6. The Morgan fingerprint density at radius 1 is 1.28 bits per heavy atom. The van der Waals surface area contributed by atoms with Crippen LogP contribution in [0.15, 0.2) is 18.2 Å². The van der Waals surface area contributed by atoms with Crippen LogP contribution in [0.2, 0.25) is 0 Å². The third-order valence-electron chi connectivity index (χ3n) is 3.85. The molecule has 0 saturated carbocycles. The summed E-state index contributed by atoms with van der Waals surface area (Å²) in [6.07, 6.45) is 1.22. The molecule has 0 bridgehead atoms. The van der Waals surface area contributed by atoms with Gasteiger partial charge in [-0.3, -0.25) is 0 Å². The van der Waals surface area contributed by atoms with Gasteiger partial charge in [0, 0.05) is 28.0 Å². The summed E-state index contributed by atoms with van der Waals surface area (Å²) in [6.45, 7) is 6.66. The van der Waals surface area contributed by atoms with Crippen LogP contribution in [0, 0.1) is 13.8 Å². The van der Waals surface area contributed by atoms with Crippen molar-refractivity contribution in [2.24, 2.45) is 5.73 Å². The molecule has 1 fully saturated rings. The van der Waals surface area contributed by atoms with Crippen LogP contribution in [-0.2, 0) is 0 Å². The van der Waals surface area contributed by atoms with E-state index < -0.39 is 0 Å². The second-order valence-corrected chi connectivity index (χ2v) is 7.60. The van der Waals surface area contributed by atoms with Crippen molar-refractivity contribution >= 4 is 23.5 Å². The monoisotopic (exact) mass is 281 g/mol. The minimum absolute atomic E-state index is 0.174. The first-order chi connectivity index (χ1) is 8.65. The van der Waals surface area contributed by atoms with Crippen LogP contribution in [0.3, 0.4) is 0 Å². The summed E-state index contributed by atoms with van der Waals surface area (Å²) in [5, 5.41) is 1.27. The van der Waals surface area contributed by atoms with Gasteiger partial charge in [-0.25, -0.2) is 0 Å². The number of aryl methyl sites for hydroxylation is 1. The van der Waals surface area contributed by atoms with Crippen LogP contribution >= 0.6 is 23.5 Å². The summed E-state index contributed by atoms with van der Waals surface area (Å²) in [4.78, 5) is 0. The Morgan fingerprint density at radius 3 is 2.72 bits per heavy atom.